The van der Waals surface area contributed by atoms with Crippen molar-refractivity contribution in [2.24, 2.45) is 0 Å². The fraction of sp³-hybridized carbons (Fsp3) is 0.423. The Hall–Kier alpha value is -3.44. The summed E-state index contributed by atoms with van der Waals surface area (Å²) in [7, 11) is 2.92. The molecule has 2 aliphatic rings. The first kappa shape index (κ1) is 25.2. The van der Waals surface area contributed by atoms with Gasteiger partial charge in [0.15, 0.2) is 11.6 Å². The van der Waals surface area contributed by atoms with E-state index in [2.05, 4.69) is 36.5 Å². The van der Waals surface area contributed by atoms with Gasteiger partial charge in [-0.3, -0.25) is 0 Å². The summed E-state index contributed by atoms with van der Waals surface area (Å²) >= 11 is 1.20. The third-order valence-electron chi connectivity index (χ3n) is 6.95. The lowest BCUT2D eigenvalue weighted by Gasteiger charge is -2.38. The highest BCUT2D eigenvalue weighted by Crippen LogP contribution is 2.34. The molecule has 37 heavy (non-hydrogen) atoms. The number of nitrogens with zero attached hydrogens (tertiary/aromatic N) is 4. The van der Waals surface area contributed by atoms with E-state index < -0.39 is 11.8 Å². The molecule has 0 bridgehead atoms. The van der Waals surface area contributed by atoms with Crippen LogP contribution in [0, 0.1) is 5.82 Å². The van der Waals surface area contributed by atoms with E-state index in [1.54, 1.807) is 18.6 Å². The fourth-order valence-corrected chi connectivity index (χ4v) is 5.76. The smallest absolute Gasteiger partial charge is 0.350 e. The van der Waals surface area contributed by atoms with E-state index in [-0.39, 0.29) is 11.8 Å². The van der Waals surface area contributed by atoms with Crippen LogP contribution in [0.5, 0.6) is 5.75 Å². The number of halogens is 1. The molecule has 2 aromatic heterocycles. The third-order valence-corrected chi connectivity index (χ3v) is 7.85. The molecule has 2 aliphatic heterocycles. The van der Waals surface area contributed by atoms with E-state index in [4.69, 9.17) is 9.47 Å². The Kier molecular flexibility index (Phi) is 7.71. The number of likely N-dealkylation sites (tertiary alicyclic amines) is 1. The molecule has 0 unspecified atom stereocenters. The van der Waals surface area contributed by atoms with Crippen molar-refractivity contribution in [3.05, 3.63) is 46.5 Å². The first-order chi connectivity index (χ1) is 18.1. The van der Waals surface area contributed by atoms with Crippen LogP contribution in [0.25, 0.3) is 0 Å². The van der Waals surface area contributed by atoms with Gasteiger partial charge in [0.1, 0.15) is 10.6 Å². The van der Waals surface area contributed by atoms with E-state index >= 15 is 0 Å². The number of rotatable bonds is 8. The molecule has 11 heteroatoms. The fourth-order valence-electron chi connectivity index (χ4n) is 5.00. The zero-order chi connectivity index (χ0) is 25.8. The minimum Gasteiger partial charge on any atom is -0.494 e. The number of nitrogens with one attached hydrogen (secondary N) is 2. The minimum atomic E-state index is -0.646. The van der Waals surface area contributed by atoms with Gasteiger partial charge < -0.3 is 29.9 Å². The van der Waals surface area contributed by atoms with Crippen LogP contribution in [0.4, 0.5) is 33.2 Å². The van der Waals surface area contributed by atoms with Crippen molar-refractivity contribution in [1.82, 2.24) is 14.9 Å². The highest BCUT2D eigenvalue weighted by atomic mass is 32.1. The minimum absolute atomic E-state index is 0.0579. The van der Waals surface area contributed by atoms with Gasteiger partial charge in [-0.25, -0.2) is 14.2 Å². The van der Waals surface area contributed by atoms with Crippen LogP contribution in [-0.4, -0.2) is 67.3 Å². The Morgan fingerprint density at radius 1 is 1.08 bits per heavy atom. The number of esters is 1. The van der Waals surface area contributed by atoms with Crippen LogP contribution in [0.15, 0.2) is 35.8 Å². The summed E-state index contributed by atoms with van der Waals surface area (Å²) in [6.07, 6.45) is 6.06. The van der Waals surface area contributed by atoms with Gasteiger partial charge in [-0.2, -0.15) is 4.98 Å². The highest BCUT2D eigenvalue weighted by Gasteiger charge is 2.27. The summed E-state index contributed by atoms with van der Waals surface area (Å²) in [5.41, 5.74) is 2.19. The van der Waals surface area contributed by atoms with Crippen LogP contribution in [-0.2, 0) is 4.74 Å². The average Bonchev–Trinajstić information content (AvgIpc) is 3.63. The Balaban J connectivity index is 1.28. The number of thiophene rings is 1. The number of hydrogen-bond donors (Lipinski definition) is 2. The molecule has 4 heterocycles. The number of carbonyl (C=O) groups is 1. The number of ether oxygens (including phenoxy) is 2. The summed E-state index contributed by atoms with van der Waals surface area (Å²) in [6.45, 7) is 4.51. The second-order valence-electron chi connectivity index (χ2n) is 9.14. The molecular formula is C26H31FN6O3S. The summed E-state index contributed by atoms with van der Waals surface area (Å²) in [6, 6.07) is 8.35. The molecule has 196 valence electrons. The van der Waals surface area contributed by atoms with Crippen molar-refractivity contribution in [2.75, 3.05) is 55.9 Å². The van der Waals surface area contributed by atoms with E-state index in [0.717, 1.165) is 25.0 Å². The molecule has 9 nitrogen and oxygen atoms in total. The molecule has 0 spiro atoms. The number of benzene rings is 1. The number of anilines is 5. The molecule has 0 amide bonds. The molecule has 5 rings (SSSR count). The first-order valence-electron chi connectivity index (χ1n) is 12.4. The van der Waals surface area contributed by atoms with Crippen LogP contribution < -0.4 is 20.3 Å². The van der Waals surface area contributed by atoms with Gasteiger partial charge >= 0.3 is 5.97 Å². The van der Waals surface area contributed by atoms with Gasteiger partial charge in [0.2, 0.25) is 5.95 Å². The van der Waals surface area contributed by atoms with Crippen molar-refractivity contribution in [3.8, 4) is 5.75 Å². The monoisotopic (exact) mass is 526 g/mol. The van der Waals surface area contributed by atoms with Gasteiger partial charge in [-0.15, -0.1) is 11.3 Å². The zero-order valence-corrected chi connectivity index (χ0v) is 21.8. The molecule has 2 saturated heterocycles. The molecule has 2 fully saturated rings. The Morgan fingerprint density at radius 3 is 2.59 bits per heavy atom. The lowest BCUT2D eigenvalue weighted by atomic mass is 10.0. The van der Waals surface area contributed by atoms with Crippen LogP contribution >= 0.6 is 11.3 Å². The maximum atomic E-state index is 14.5. The SMILES string of the molecule is COC(=O)c1sccc1Nc1nc(Nc2ccc(N3CCC(N4CCCC4)CC3)cc2OC)ncc1F. The number of carbonyl (C=O) groups excluding carboxylic acids is 1. The highest BCUT2D eigenvalue weighted by molar-refractivity contribution is 7.12. The predicted molar refractivity (Wildman–Crippen MR) is 143 cm³/mol. The number of hydrogen-bond acceptors (Lipinski definition) is 10. The molecule has 0 atom stereocenters. The van der Waals surface area contributed by atoms with Gasteiger partial charge in [0, 0.05) is 30.9 Å². The predicted octanol–water partition coefficient (Wildman–Crippen LogP) is 5.02. The number of aromatic nitrogens is 2. The average molecular weight is 527 g/mol. The zero-order valence-electron chi connectivity index (χ0n) is 21.0. The lowest BCUT2D eigenvalue weighted by Crippen LogP contribution is -2.43. The van der Waals surface area contributed by atoms with Gasteiger partial charge in [-0.1, -0.05) is 0 Å². The largest absolute Gasteiger partial charge is 0.494 e. The Morgan fingerprint density at radius 2 is 1.86 bits per heavy atom. The maximum absolute atomic E-state index is 14.5. The standard InChI is InChI=1S/C26H31FN6O3S/c1-35-22-15-18(33-12-7-17(8-13-33)32-10-3-4-11-32)5-6-20(22)30-26-28-16-19(27)24(31-26)29-21-9-14-37-23(21)25(34)36-2/h5-6,9,14-17H,3-4,7-8,10-13H2,1-2H3,(H2,28,29,30,31). The molecule has 0 aliphatic carbocycles. The second-order valence-corrected chi connectivity index (χ2v) is 10.1. The molecule has 1 aromatic carbocycles. The molecule has 3 aromatic rings. The van der Waals surface area contributed by atoms with Crippen molar-refractivity contribution < 1.29 is 18.7 Å². The maximum Gasteiger partial charge on any atom is 0.350 e. The van der Waals surface area contributed by atoms with E-state index in [9.17, 15) is 9.18 Å². The van der Waals surface area contributed by atoms with Gasteiger partial charge in [0.05, 0.1) is 31.8 Å². The number of piperidine rings is 1. The topological polar surface area (TPSA) is 91.8 Å². The quantitative estimate of drug-likeness (QED) is 0.392. The summed E-state index contributed by atoms with van der Waals surface area (Å²) in [5.74, 6) is -0.372. The molecule has 0 radical (unpaired) electrons. The van der Waals surface area contributed by atoms with Crippen molar-refractivity contribution in [1.29, 1.82) is 0 Å². The lowest BCUT2D eigenvalue weighted by molar-refractivity contribution is 0.0607. The third kappa shape index (κ3) is 5.62. The summed E-state index contributed by atoms with van der Waals surface area (Å²) in [4.78, 5) is 25.7. The van der Waals surface area contributed by atoms with Gasteiger partial charge in [-0.05, 0) is 62.4 Å². The Bertz CT molecular complexity index is 1240. The van der Waals surface area contributed by atoms with Crippen LogP contribution in [0.2, 0.25) is 0 Å². The van der Waals surface area contributed by atoms with Crippen molar-refractivity contribution in [2.45, 2.75) is 31.7 Å². The molecule has 2 N–H and O–H groups in total. The normalized spacial score (nSPS) is 16.6. The van der Waals surface area contributed by atoms with E-state index in [1.807, 2.05) is 12.1 Å². The van der Waals surface area contributed by atoms with E-state index in [1.165, 1.54) is 57.2 Å². The second kappa shape index (κ2) is 11.3. The van der Waals surface area contributed by atoms with Crippen LogP contribution in [0.1, 0.15) is 35.4 Å². The number of methoxy groups -OCH3 is 2. The Labute approximate surface area is 219 Å². The summed E-state index contributed by atoms with van der Waals surface area (Å²) in [5, 5.41) is 7.71. The summed E-state index contributed by atoms with van der Waals surface area (Å²) < 4.78 is 24.9. The molecule has 0 saturated carbocycles. The molecular weight excluding hydrogens is 495 g/mol. The van der Waals surface area contributed by atoms with Gasteiger partial charge in [0.25, 0.3) is 0 Å². The van der Waals surface area contributed by atoms with E-state index in [0.29, 0.717) is 28.0 Å². The first-order valence-corrected chi connectivity index (χ1v) is 13.3. The van der Waals surface area contributed by atoms with Crippen LogP contribution in [0.3, 0.4) is 0 Å². The van der Waals surface area contributed by atoms with Crippen molar-refractivity contribution >= 4 is 46.1 Å². The van der Waals surface area contributed by atoms with Crippen molar-refractivity contribution in [3.63, 3.8) is 0 Å².